The van der Waals surface area contributed by atoms with Crippen molar-refractivity contribution in [2.75, 3.05) is 13.2 Å². The van der Waals surface area contributed by atoms with Crippen LogP contribution in [-0.2, 0) is 6.42 Å². The van der Waals surface area contributed by atoms with E-state index in [4.69, 9.17) is 9.47 Å². The van der Waals surface area contributed by atoms with Crippen LogP contribution in [0.5, 0.6) is 11.5 Å². The molecule has 4 nitrogen and oxygen atoms in total. The van der Waals surface area contributed by atoms with Crippen molar-refractivity contribution in [3.05, 3.63) is 24.2 Å². The average molecular weight is 246 g/mol. The first-order valence-electron chi connectivity index (χ1n) is 6.33. The minimum Gasteiger partial charge on any atom is -0.490 e. The number of fused-ring (bicyclic) bond motifs is 1. The number of benzene rings is 1. The van der Waals surface area contributed by atoms with Crippen LogP contribution in [0.2, 0.25) is 0 Å². The third-order valence-corrected chi connectivity index (χ3v) is 2.72. The molecule has 0 aliphatic heterocycles. The molecule has 1 aromatic heterocycles. The molecule has 2 rings (SSSR count). The van der Waals surface area contributed by atoms with Crippen LogP contribution in [0.4, 0.5) is 0 Å². The molecule has 0 amide bonds. The summed E-state index contributed by atoms with van der Waals surface area (Å²) in [7, 11) is 0. The molecule has 1 heterocycles. The van der Waals surface area contributed by atoms with Gasteiger partial charge < -0.3 is 9.47 Å². The van der Waals surface area contributed by atoms with Crippen molar-refractivity contribution in [2.45, 2.75) is 27.2 Å². The predicted octanol–water partition coefficient (Wildman–Crippen LogP) is 2.99. The van der Waals surface area contributed by atoms with Crippen LogP contribution in [-0.4, -0.2) is 23.2 Å². The van der Waals surface area contributed by atoms with Gasteiger partial charge in [0.25, 0.3) is 0 Å². The van der Waals surface area contributed by atoms with E-state index in [1.807, 2.05) is 26.0 Å². The van der Waals surface area contributed by atoms with E-state index >= 15 is 0 Å². The van der Waals surface area contributed by atoms with Crippen molar-refractivity contribution in [3.8, 4) is 11.5 Å². The van der Waals surface area contributed by atoms with E-state index < -0.39 is 0 Å². The second kappa shape index (κ2) is 5.67. The lowest BCUT2D eigenvalue weighted by Crippen LogP contribution is -2.00. The van der Waals surface area contributed by atoms with E-state index in [2.05, 4.69) is 16.9 Å². The van der Waals surface area contributed by atoms with E-state index in [-0.39, 0.29) is 0 Å². The topological polar surface area (TPSA) is 44.2 Å². The first kappa shape index (κ1) is 12.6. The summed E-state index contributed by atoms with van der Waals surface area (Å²) in [5.74, 6) is 1.50. The second-order valence-electron chi connectivity index (χ2n) is 3.86. The fourth-order valence-electron chi connectivity index (χ4n) is 1.94. The first-order valence-corrected chi connectivity index (χ1v) is 6.33. The summed E-state index contributed by atoms with van der Waals surface area (Å²) in [6, 6.07) is 3.90. The van der Waals surface area contributed by atoms with Crippen molar-refractivity contribution in [1.29, 1.82) is 0 Å². The van der Waals surface area contributed by atoms with E-state index in [0.717, 1.165) is 34.5 Å². The molecule has 2 aromatic rings. The normalized spacial score (nSPS) is 10.6. The van der Waals surface area contributed by atoms with Gasteiger partial charge in [0.2, 0.25) is 0 Å². The lowest BCUT2D eigenvalue weighted by atomic mass is 10.1. The van der Waals surface area contributed by atoms with Gasteiger partial charge in [-0.2, -0.15) is 0 Å². The summed E-state index contributed by atoms with van der Waals surface area (Å²) < 4.78 is 11.2. The Bertz CT molecular complexity index is 541. The van der Waals surface area contributed by atoms with Crippen molar-refractivity contribution in [1.82, 2.24) is 9.97 Å². The molecule has 1 aromatic carbocycles. The summed E-state index contributed by atoms with van der Waals surface area (Å²) >= 11 is 0. The molecule has 0 radical (unpaired) electrons. The Balaban J connectivity index is 2.60. The van der Waals surface area contributed by atoms with Crippen LogP contribution in [0, 0.1) is 0 Å². The molecule has 18 heavy (non-hydrogen) atoms. The summed E-state index contributed by atoms with van der Waals surface area (Å²) in [5.41, 5.74) is 1.93. The van der Waals surface area contributed by atoms with E-state index in [1.54, 1.807) is 6.33 Å². The summed E-state index contributed by atoms with van der Waals surface area (Å²) in [6.07, 6.45) is 2.47. The highest BCUT2D eigenvalue weighted by molar-refractivity contribution is 5.84. The summed E-state index contributed by atoms with van der Waals surface area (Å²) in [4.78, 5) is 8.58. The average Bonchev–Trinajstić information content (AvgIpc) is 2.39. The van der Waals surface area contributed by atoms with Crippen molar-refractivity contribution in [2.24, 2.45) is 0 Å². The largest absolute Gasteiger partial charge is 0.490 e. The molecular weight excluding hydrogens is 228 g/mol. The Morgan fingerprint density at radius 3 is 2.22 bits per heavy atom. The zero-order valence-electron chi connectivity index (χ0n) is 11.1. The van der Waals surface area contributed by atoms with E-state index in [0.29, 0.717) is 13.2 Å². The maximum Gasteiger partial charge on any atom is 0.163 e. The lowest BCUT2D eigenvalue weighted by molar-refractivity contribution is 0.288. The highest BCUT2D eigenvalue weighted by Crippen LogP contribution is 2.32. The molecule has 0 fully saturated rings. The van der Waals surface area contributed by atoms with Crippen LogP contribution in [0.1, 0.15) is 26.5 Å². The number of aryl methyl sites for hydroxylation is 1. The van der Waals surface area contributed by atoms with Crippen molar-refractivity contribution < 1.29 is 9.47 Å². The first-order chi connectivity index (χ1) is 8.80. The SMILES string of the molecule is CCOc1cc2ncnc(CC)c2cc1OCC. The zero-order chi connectivity index (χ0) is 13.0. The summed E-state index contributed by atoms with van der Waals surface area (Å²) in [5, 5.41) is 1.03. The highest BCUT2D eigenvalue weighted by atomic mass is 16.5. The third-order valence-electron chi connectivity index (χ3n) is 2.72. The predicted molar refractivity (Wildman–Crippen MR) is 71.3 cm³/mol. The van der Waals surface area contributed by atoms with Gasteiger partial charge in [-0.25, -0.2) is 9.97 Å². The number of hydrogen-bond donors (Lipinski definition) is 0. The highest BCUT2D eigenvalue weighted by Gasteiger charge is 2.10. The van der Waals surface area contributed by atoms with Gasteiger partial charge >= 0.3 is 0 Å². The molecule has 0 N–H and O–H groups in total. The van der Waals surface area contributed by atoms with Gasteiger partial charge in [-0.15, -0.1) is 0 Å². The Kier molecular flexibility index (Phi) is 3.97. The molecule has 0 spiro atoms. The number of rotatable bonds is 5. The molecule has 0 saturated carbocycles. The number of hydrogen-bond acceptors (Lipinski definition) is 4. The lowest BCUT2D eigenvalue weighted by Gasteiger charge is -2.12. The van der Waals surface area contributed by atoms with Crippen LogP contribution in [0.25, 0.3) is 10.9 Å². The van der Waals surface area contributed by atoms with Crippen molar-refractivity contribution >= 4 is 10.9 Å². The molecule has 0 unspecified atom stereocenters. The maximum atomic E-state index is 5.62. The fraction of sp³-hybridized carbons (Fsp3) is 0.429. The smallest absolute Gasteiger partial charge is 0.163 e. The van der Waals surface area contributed by atoms with E-state index in [9.17, 15) is 0 Å². The zero-order valence-corrected chi connectivity index (χ0v) is 11.1. The van der Waals surface area contributed by atoms with Gasteiger partial charge in [0.1, 0.15) is 6.33 Å². The second-order valence-corrected chi connectivity index (χ2v) is 3.86. The Labute approximate surface area is 107 Å². The van der Waals surface area contributed by atoms with Crippen LogP contribution < -0.4 is 9.47 Å². The minimum absolute atomic E-state index is 0.608. The maximum absolute atomic E-state index is 5.62. The summed E-state index contributed by atoms with van der Waals surface area (Å²) in [6.45, 7) is 7.22. The Morgan fingerprint density at radius 2 is 1.61 bits per heavy atom. The molecule has 96 valence electrons. The van der Waals surface area contributed by atoms with Crippen LogP contribution in [0.15, 0.2) is 18.5 Å². The molecular formula is C14H18N2O2. The van der Waals surface area contributed by atoms with Crippen LogP contribution in [0.3, 0.4) is 0 Å². The Hall–Kier alpha value is -1.84. The molecule has 4 heteroatoms. The van der Waals surface area contributed by atoms with Crippen LogP contribution >= 0.6 is 0 Å². The standard InChI is InChI=1S/C14H18N2O2/c1-4-11-10-7-13(17-5-2)14(18-6-3)8-12(10)16-9-15-11/h7-9H,4-6H2,1-3H3. The van der Waals surface area contributed by atoms with Gasteiger partial charge in [0.05, 0.1) is 24.4 Å². The van der Waals surface area contributed by atoms with Gasteiger partial charge in [-0.1, -0.05) is 6.92 Å². The Morgan fingerprint density at radius 1 is 0.944 bits per heavy atom. The molecule has 0 saturated heterocycles. The molecule has 0 aliphatic rings. The number of ether oxygens (including phenoxy) is 2. The van der Waals surface area contributed by atoms with E-state index in [1.165, 1.54) is 0 Å². The van der Waals surface area contributed by atoms with Gasteiger partial charge in [-0.3, -0.25) is 0 Å². The van der Waals surface area contributed by atoms with Gasteiger partial charge in [-0.05, 0) is 26.3 Å². The minimum atomic E-state index is 0.608. The number of nitrogens with zero attached hydrogens (tertiary/aromatic N) is 2. The molecule has 0 atom stereocenters. The monoisotopic (exact) mass is 246 g/mol. The van der Waals surface area contributed by atoms with Gasteiger partial charge in [0, 0.05) is 11.5 Å². The quantitative estimate of drug-likeness (QED) is 0.813. The fourth-order valence-corrected chi connectivity index (χ4v) is 1.94. The molecule has 0 aliphatic carbocycles. The number of aromatic nitrogens is 2. The third kappa shape index (κ3) is 2.37. The molecule has 0 bridgehead atoms. The van der Waals surface area contributed by atoms with Gasteiger partial charge in [0.15, 0.2) is 11.5 Å². The van der Waals surface area contributed by atoms with Crippen molar-refractivity contribution in [3.63, 3.8) is 0 Å².